The van der Waals surface area contributed by atoms with Crippen molar-refractivity contribution < 1.29 is 9.53 Å². The summed E-state index contributed by atoms with van der Waals surface area (Å²) in [5.41, 5.74) is 3.64. The average molecular weight is 328 g/mol. The van der Waals surface area contributed by atoms with E-state index in [4.69, 9.17) is 4.74 Å². The van der Waals surface area contributed by atoms with Crippen LogP contribution < -0.4 is 0 Å². The summed E-state index contributed by atoms with van der Waals surface area (Å²) in [6.45, 7) is 13.0. The van der Waals surface area contributed by atoms with Gasteiger partial charge in [-0.15, -0.1) is 0 Å². The van der Waals surface area contributed by atoms with Gasteiger partial charge in [0.1, 0.15) is 5.82 Å². The molecule has 1 aromatic heterocycles. The molecule has 1 heterocycles. The summed E-state index contributed by atoms with van der Waals surface area (Å²) in [7, 11) is 0. The number of rotatable bonds is 5. The number of hydrogen-bond acceptors (Lipinski definition) is 3. The van der Waals surface area contributed by atoms with Crippen LogP contribution in [0.2, 0.25) is 0 Å². The molecule has 1 unspecified atom stereocenters. The van der Waals surface area contributed by atoms with Crippen molar-refractivity contribution in [1.29, 1.82) is 0 Å². The van der Waals surface area contributed by atoms with Crippen molar-refractivity contribution in [2.45, 2.75) is 53.9 Å². The molecule has 2 aromatic rings. The number of carbonyl (C=O) groups is 1. The largest absolute Gasteiger partial charge is 0.448 e. The van der Waals surface area contributed by atoms with E-state index in [0.29, 0.717) is 12.4 Å². The molecule has 2 rings (SSSR count). The van der Waals surface area contributed by atoms with Gasteiger partial charge in [-0.2, -0.15) is 0 Å². The molecule has 0 aliphatic rings. The molecule has 0 radical (unpaired) electrons. The number of benzene rings is 1. The van der Waals surface area contributed by atoms with E-state index in [0.717, 1.165) is 6.42 Å². The van der Waals surface area contributed by atoms with Gasteiger partial charge in [-0.3, -0.25) is 0 Å². The summed E-state index contributed by atoms with van der Waals surface area (Å²) >= 11 is 0. The molecule has 0 amide bonds. The molecule has 1 aromatic carbocycles. The Kier molecular flexibility index (Phi) is 5.47. The van der Waals surface area contributed by atoms with Crippen LogP contribution in [-0.4, -0.2) is 22.3 Å². The third kappa shape index (κ3) is 3.86. The Morgan fingerprint density at radius 3 is 2.71 bits per heavy atom. The Hall–Kier alpha value is -2.10. The minimum Gasteiger partial charge on any atom is -0.448 e. The second kappa shape index (κ2) is 7.20. The third-order valence-corrected chi connectivity index (χ3v) is 4.91. The van der Waals surface area contributed by atoms with E-state index in [-0.39, 0.29) is 17.4 Å². The van der Waals surface area contributed by atoms with E-state index in [1.54, 1.807) is 12.4 Å². The first-order chi connectivity index (χ1) is 11.3. The summed E-state index contributed by atoms with van der Waals surface area (Å²) in [4.78, 5) is 16.9. The van der Waals surface area contributed by atoms with Crippen molar-refractivity contribution in [3.63, 3.8) is 0 Å². The maximum atomic E-state index is 12.5. The number of aromatic nitrogens is 2. The summed E-state index contributed by atoms with van der Waals surface area (Å²) < 4.78 is 7.03. The Labute approximate surface area is 144 Å². The van der Waals surface area contributed by atoms with Crippen LogP contribution in [0.25, 0.3) is 0 Å². The lowest BCUT2D eigenvalue weighted by molar-refractivity contribution is 0.0973. The highest BCUT2D eigenvalue weighted by molar-refractivity contribution is 5.71. The zero-order valence-corrected chi connectivity index (χ0v) is 15.6. The molecule has 130 valence electrons. The molecule has 0 bridgehead atoms. The third-order valence-electron chi connectivity index (χ3n) is 4.91. The van der Waals surface area contributed by atoms with Gasteiger partial charge in [-0.1, -0.05) is 45.9 Å². The van der Waals surface area contributed by atoms with E-state index < -0.39 is 0 Å². The lowest BCUT2D eigenvalue weighted by atomic mass is 9.92. The monoisotopic (exact) mass is 328 g/mol. The molecule has 0 fully saturated rings. The van der Waals surface area contributed by atoms with Crippen molar-refractivity contribution in [2.75, 3.05) is 6.61 Å². The summed E-state index contributed by atoms with van der Waals surface area (Å²) in [5, 5.41) is 0. The van der Waals surface area contributed by atoms with Gasteiger partial charge in [0.25, 0.3) is 0 Å². The van der Waals surface area contributed by atoms with E-state index in [2.05, 4.69) is 58.7 Å². The van der Waals surface area contributed by atoms with Gasteiger partial charge in [0, 0.05) is 18.3 Å². The molecule has 0 aliphatic carbocycles. The van der Waals surface area contributed by atoms with Gasteiger partial charge in [0.2, 0.25) is 0 Å². The molecule has 0 N–H and O–H groups in total. The van der Waals surface area contributed by atoms with E-state index in [1.165, 1.54) is 21.3 Å². The predicted octanol–water partition coefficient (Wildman–Crippen LogP) is 5.07. The minimum atomic E-state index is -0.360. The van der Waals surface area contributed by atoms with E-state index in [1.807, 2.05) is 6.07 Å². The number of hydrogen-bond donors (Lipinski definition) is 0. The van der Waals surface area contributed by atoms with Gasteiger partial charge in [0.05, 0.1) is 6.61 Å². The lowest BCUT2D eigenvalue weighted by Gasteiger charge is -2.22. The number of carbonyl (C=O) groups excluding carboxylic acids is 1. The van der Waals surface area contributed by atoms with Crippen LogP contribution in [0, 0.1) is 19.3 Å². The maximum Gasteiger partial charge on any atom is 0.419 e. The standard InChI is InChI=1S/C20H28N2O2/c1-7-20(5,6)13-24-19(23)22-12-11-21-18(22)16(4)17-10-8-9-14(2)15(17)3/h8-12,16H,7,13H2,1-6H3. The molecule has 1 atom stereocenters. The summed E-state index contributed by atoms with van der Waals surface area (Å²) in [6, 6.07) is 6.24. The van der Waals surface area contributed by atoms with Crippen LogP contribution in [0.1, 0.15) is 62.5 Å². The maximum absolute atomic E-state index is 12.5. The van der Waals surface area contributed by atoms with Crippen LogP contribution in [0.4, 0.5) is 4.79 Å². The van der Waals surface area contributed by atoms with E-state index in [9.17, 15) is 4.79 Å². The molecular formula is C20H28N2O2. The first-order valence-electron chi connectivity index (χ1n) is 8.53. The van der Waals surface area contributed by atoms with Gasteiger partial charge in [-0.25, -0.2) is 14.3 Å². The molecule has 24 heavy (non-hydrogen) atoms. The fourth-order valence-corrected chi connectivity index (χ4v) is 2.60. The minimum absolute atomic E-state index is 0.0187. The number of imidazole rings is 1. The quantitative estimate of drug-likeness (QED) is 0.769. The second-order valence-corrected chi connectivity index (χ2v) is 7.24. The van der Waals surface area contributed by atoms with Crippen LogP contribution in [0.3, 0.4) is 0 Å². The smallest absolute Gasteiger partial charge is 0.419 e. The van der Waals surface area contributed by atoms with Crippen LogP contribution in [-0.2, 0) is 4.74 Å². The highest BCUT2D eigenvalue weighted by Gasteiger charge is 2.23. The van der Waals surface area contributed by atoms with Crippen molar-refractivity contribution in [3.8, 4) is 0 Å². The van der Waals surface area contributed by atoms with Crippen molar-refractivity contribution in [3.05, 3.63) is 53.1 Å². The van der Waals surface area contributed by atoms with Gasteiger partial charge in [-0.05, 0) is 42.4 Å². The topological polar surface area (TPSA) is 44.1 Å². The fourth-order valence-electron chi connectivity index (χ4n) is 2.60. The summed E-state index contributed by atoms with van der Waals surface area (Å²) in [5.74, 6) is 0.731. The van der Waals surface area contributed by atoms with Crippen LogP contribution >= 0.6 is 0 Å². The van der Waals surface area contributed by atoms with Crippen LogP contribution in [0.15, 0.2) is 30.6 Å². The first-order valence-corrected chi connectivity index (χ1v) is 8.53. The normalized spacial score (nSPS) is 12.9. The Morgan fingerprint density at radius 1 is 1.33 bits per heavy atom. The predicted molar refractivity (Wildman–Crippen MR) is 96.5 cm³/mol. The Bertz CT molecular complexity index is 716. The zero-order chi connectivity index (χ0) is 17.9. The highest BCUT2D eigenvalue weighted by Crippen LogP contribution is 2.27. The van der Waals surface area contributed by atoms with Crippen molar-refractivity contribution >= 4 is 6.09 Å². The zero-order valence-electron chi connectivity index (χ0n) is 15.6. The molecule has 4 nitrogen and oxygen atoms in total. The average Bonchev–Trinajstić information content (AvgIpc) is 3.04. The Balaban J connectivity index is 2.23. The number of nitrogens with zero attached hydrogens (tertiary/aromatic N) is 2. The lowest BCUT2D eigenvalue weighted by Crippen LogP contribution is -2.25. The van der Waals surface area contributed by atoms with Gasteiger partial charge < -0.3 is 4.74 Å². The fraction of sp³-hybridized carbons (Fsp3) is 0.500. The number of ether oxygens (including phenoxy) is 1. The van der Waals surface area contributed by atoms with Gasteiger partial charge in [0.15, 0.2) is 0 Å². The highest BCUT2D eigenvalue weighted by atomic mass is 16.5. The molecule has 0 saturated heterocycles. The second-order valence-electron chi connectivity index (χ2n) is 7.24. The Morgan fingerprint density at radius 2 is 2.04 bits per heavy atom. The summed E-state index contributed by atoms with van der Waals surface area (Å²) in [6.07, 6.45) is 3.93. The molecule has 4 heteroatoms. The first kappa shape index (κ1) is 18.2. The van der Waals surface area contributed by atoms with Crippen LogP contribution in [0.5, 0.6) is 0 Å². The van der Waals surface area contributed by atoms with Gasteiger partial charge >= 0.3 is 6.09 Å². The molecule has 0 aliphatic heterocycles. The van der Waals surface area contributed by atoms with Crippen molar-refractivity contribution in [2.24, 2.45) is 5.41 Å². The molecule has 0 spiro atoms. The van der Waals surface area contributed by atoms with Crippen molar-refractivity contribution in [1.82, 2.24) is 9.55 Å². The van der Waals surface area contributed by atoms with E-state index >= 15 is 0 Å². The number of aryl methyl sites for hydroxylation is 1. The SMILES string of the molecule is CCC(C)(C)COC(=O)n1ccnc1C(C)c1cccc(C)c1C. The molecule has 0 saturated carbocycles. The molecular weight excluding hydrogens is 300 g/mol.